The second-order valence-electron chi connectivity index (χ2n) is 6.48. The average Bonchev–Trinajstić information content (AvgIpc) is 2.62. The topological polar surface area (TPSA) is 9.23 Å². The molecule has 3 heteroatoms. The predicted molar refractivity (Wildman–Crippen MR) is 108 cm³/mol. The third-order valence-electron chi connectivity index (χ3n) is 4.36. The normalized spacial score (nSPS) is 10.8. The van der Waals surface area contributed by atoms with Crippen LogP contribution in [0, 0.1) is 5.82 Å². The molecule has 2 aromatic rings. The Labute approximate surface area is 159 Å². The van der Waals surface area contributed by atoms with E-state index in [1.54, 1.807) is 12.1 Å². The van der Waals surface area contributed by atoms with Gasteiger partial charge in [-0.05, 0) is 41.8 Å². The summed E-state index contributed by atoms with van der Waals surface area (Å²) in [6.07, 6.45) is 10.0. The molecule has 0 atom stereocenters. The first kappa shape index (κ1) is 20.0. The first-order valence-corrected chi connectivity index (χ1v) is 10.2. The summed E-state index contributed by atoms with van der Waals surface area (Å²) in [4.78, 5) is 0. The SMILES string of the molecule is CCCCCCCCCCOc1ccc(-c2ccc(Br)cc2)cc1F. The first-order chi connectivity index (χ1) is 12.2. The number of benzene rings is 2. The number of halogens is 2. The van der Waals surface area contributed by atoms with E-state index in [-0.39, 0.29) is 5.82 Å². The number of hydrogen-bond acceptors (Lipinski definition) is 1. The fourth-order valence-electron chi connectivity index (χ4n) is 2.86. The standard InChI is InChI=1S/C22H28BrFO/c1-2-3-4-5-6-7-8-9-16-25-22-15-12-19(17-21(22)24)18-10-13-20(23)14-11-18/h10-15,17H,2-9,16H2,1H3. The van der Waals surface area contributed by atoms with Crippen LogP contribution in [0.5, 0.6) is 5.75 Å². The zero-order chi connectivity index (χ0) is 17.9. The van der Waals surface area contributed by atoms with Crippen molar-refractivity contribution in [2.45, 2.75) is 58.3 Å². The van der Waals surface area contributed by atoms with Crippen LogP contribution in [0.25, 0.3) is 11.1 Å². The molecule has 0 amide bonds. The molecule has 0 aliphatic heterocycles. The van der Waals surface area contributed by atoms with Gasteiger partial charge in [0.05, 0.1) is 6.61 Å². The van der Waals surface area contributed by atoms with E-state index >= 15 is 0 Å². The van der Waals surface area contributed by atoms with E-state index in [4.69, 9.17) is 4.74 Å². The minimum Gasteiger partial charge on any atom is -0.491 e. The Bertz CT molecular complexity index is 624. The third kappa shape index (κ3) is 7.19. The van der Waals surface area contributed by atoms with Gasteiger partial charge in [-0.2, -0.15) is 0 Å². The Balaban J connectivity index is 1.71. The number of hydrogen-bond donors (Lipinski definition) is 0. The van der Waals surface area contributed by atoms with Gasteiger partial charge in [0.15, 0.2) is 11.6 Å². The molecule has 0 saturated carbocycles. The minimum atomic E-state index is -0.292. The molecule has 0 aliphatic carbocycles. The monoisotopic (exact) mass is 406 g/mol. The van der Waals surface area contributed by atoms with Crippen LogP contribution < -0.4 is 4.74 Å². The van der Waals surface area contributed by atoms with Crippen molar-refractivity contribution in [1.29, 1.82) is 0 Å². The van der Waals surface area contributed by atoms with Crippen LogP contribution in [0.3, 0.4) is 0 Å². The van der Waals surface area contributed by atoms with Crippen molar-refractivity contribution >= 4 is 15.9 Å². The Hall–Kier alpha value is -1.35. The van der Waals surface area contributed by atoms with Crippen LogP contribution >= 0.6 is 15.9 Å². The van der Waals surface area contributed by atoms with Crippen LogP contribution in [0.4, 0.5) is 4.39 Å². The minimum absolute atomic E-state index is 0.292. The Morgan fingerprint density at radius 3 is 2.04 bits per heavy atom. The van der Waals surface area contributed by atoms with Crippen LogP contribution in [-0.2, 0) is 0 Å². The molecule has 0 bridgehead atoms. The third-order valence-corrected chi connectivity index (χ3v) is 4.89. The van der Waals surface area contributed by atoms with Gasteiger partial charge in [0, 0.05) is 4.47 Å². The molecule has 0 radical (unpaired) electrons. The molecular formula is C22H28BrFO. The van der Waals surface area contributed by atoms with Gasteiger partial charge < -0.3 is 4.74 Å². The van der Waals surface area contributed by atoms with Gasteiger partial charge in [-0.3, -0.25) is 0 Å². The van der Waals surface area contributed by atoms with E-state index in [0.717, 1.165) is 28.4 Å². The summed E-state index contributed by atoms with van der Waals surface area (Å²) < 4.78 is 20.9. The highest BCUT2D eigenvalue weighted by Crippen LogP contribution is 2.27. The fraction of sp³-hybridized carbons (Fsp3) is 0.455. The van der Waals surface area contributed by atoms with Crippen molar-refractivity contribution in [1.82, 2.24) is 0 Å². The van der Waals surface area contributed by atoms with Gasteiger partial charge in [0.25, 0.3) is 0 Å². The van der Waals surface area contributed by atoms with Gasteiger partial charge in [0.2, 0.25) is 0 Å². The highest BCUT2D eigenvalue weighted by Gasteiger charge is 2.06. The maximum absolute atomic E-state index is 14.2. The van der Waals surface area contributed by atoms with E-state index in [2.05, 4.69) is 22.9 Å². The van der Waals surface area contributed by atoms with E-state index in [9.17, 15) is 4.39 Å². The lowest BCUT2D eigenvalue weighted by Crippen LogP contribution is -1.99. The zero-order valence-corrected chi connectivity index (χ0v) is 16.7. The predicted octanol–water partition coefficient (Wildman–Crippen LogP) is 7.77. The molecule has 0 aromatic heterocycles. The van der Waals surface area contributed by atoms with Gasteiger partial charge in [-0.25, -0.2) is 4.39 Å². The van der Waals surface area contributed by atoms with Crippen molar-refractivity contribution in [2.75, 3.05) is 6.61 Å². The van der Waals surface area contributed by atoms with E-state index in [1.165, 1.54) is 38.5 Å². The Kier molecular flexibility index (Phi) is 9.03. The molecule has 1 nitrogen and oxygen atoms in total. The Morgan fingerprint density at radius 1 is 0.800 bits per heavy atom. The van der Waals surface area contributed by atoms with Crippen molar-refractivity contribution in [3.63, 3.8) is 0 Å². The van der Waals surface area contributed by atoms with E-state index < -0.39 is 0 Å². The summed E-state index contributed by atoms with van der Waals surface area (Å²) in [5.41, 5.74) is 1.86. The molecule has 0 aliphatic rings. The second kappa shape index (κ2) is 11.3. The van der Waals surface area contributed by atoms with Crippen LogP contribution in [-0.4, -0.2) is 6.61 Å². The molecule has 2 rings (SSSR count). The molecule has 0 N–H and O–H groups in total. The van der Waals surface area contributed by atoms with Gasteiger partial charge in [0.1, 0.15) is 0 Å². The van der Waals surface area contributed by atoms with Crippen molar-refractivity contribution in [3.05, 3.63) is 52.8 Å². The molecule has 0 fully saturated rings. The van der Waals surface area contributed by atoms with E-state index in [1.807, 2.05) is 30.3 Å². The van der Waals surface area contributed by atoms with Crippen molar-refractivity contribution < 1.29 is 9.13 Å². The molecule has 0 heterocycles. The first-order valence-electron chi connectivity index (χ1n) is 9.39. The van der Waals surface area contributed by atoms with Gasteiger partial charge in [-0.15, -0.1) is 0 Å². The molecule has 25 heavy (non-hydrogen) atoms. The Morgan fingerprint density at radius 2 is 1.40 bits per heavy atom. The van der Waals surface area contributed by atoms with E-state index in [0.29, 0.717) is 12.4 Å². The van der Waals surface area contributed by atoms with Crippen molar-refractivity contribution in [2.24, 2.45) is 0 Å². The lowest BCUT2D eigenvalue weighted by atomic mass is 10.1. The summed E-state index contributed by atoms with van der Waals surface area (Å²) in [5.74, 6) is 0.0591. The van der Waals surface area contributed by atoms with Crippen LogP contribution in [0.1, 0.15) is 58.3 Å². The van der Waals surface area contributed by atoms with Crippen LogP contribution in [0.2, 0.25) is 0 Å². The molecule has 136 valence electrons. The lowest BCUT2D eigenvalue weighted by Gasteiger charge is -2.09. The maximum atomic E-state index is 14.2. The number of rotatable bonds is 11. The zero-order valence-electron chi connectivity index (χ0n) is 15.1. The largest absolute Gasteiger partial charge is 0.491 e. The molecule has 0 unspecified atom stereocenters. The lowest BCUT2D eigenvalue weighted by molar-refractivity contribution is 0.290. The molecular weight excluding hydrogens is 379 g/mol. The highest BCUT2D eigenvalue weighted by molar-refractivity contribution is 9.10. The smallest absolute Gasteiger partial charge is 0.165 e. The summed E-state index contributed by atoms with van der Waals surface area (Å²) in [7, 11) is 0. The average molecular weight is 407 g/mol. The van der Waals surface area contributed by atoms with Crippen molar-refractivity contribution in [3.8, 4) is 16.9 Å². The fourth-order valence-corrected chi connectivity index (χ4v) is 3.12. The number of ether oxygens (including phenoxy) is 1. The summed E-state index contributed by atoms with van der Waals surface area (Å²) in [5, 5.41) is 0. The van der Waals surface area contributed by atoms with Gasteiger partial charge >= 0.3 is 0 Å². The molecule has 2 aromatic carbocycles. The highest BCUT2D eigenvalue weighted by atomic mass is 79.9. The summed E-state index contributed by atoms with van der Waals surface area (Å²) in [6, 6.07) is 13.1. The maximum Gasteiger partial charge on any atom is 0.165 e. The summed E-state index contributed by atoms with van der Waals surface area (Å²) >= 11 is 3.41. The van der Waals surface area contributed by atoms with Crippen LogP contribution in [0.15, 0.2) is 46.9 Å². The molecule has 0 saturated heterocycles. The number of unbranched alkanes of at least 4 members (excludes halogenated alkanes) is 7. The summed E-state index contributed by atoms with van der Waals surface area (Å²) in [6.45, 7) is 2.82. The second-order valence-corrected chi connectivity index (χ2v) is 7.39. The van der Waals surface area contributed by atoms with Gasteiger partial charge in [-0.1, -0.05) is 86.0 Å². The quantitative estimate of drug-likeness (QED) is 0.346. The molecule has 0 spiro atoms.